The van der Waals surface area contributed by atoms with Crippen LogP contribution in [0.4, 0.5) is 0 Å². The van der Waals surface area contributed by atoms with E-state index in [1.807, 2.05) is 19.1 Å². The lowest BCUT2D eigenvalue weighted by molar-refractivity contribution is -0.119. The van der Waals surface area contributed by atoms with Gasteiger partial charge in [0.05, 0.1) is 4.90 Å². The topological polar surface area (TPSA) is 75.3 Å². The third-order valence-electron chi connectivity index (χ3n) is 2.61. The fourth-order valence-corrected chi connectivity index (χ4v) is 2.59. The van der Waals surface area contributed by atoms with E-state index in [0.29, 0.717) is 19.5 Å². The number of carbonyl (C=O) groups excluding carboxylic acids is 1. The zero-order valence-corrected chi connectivity index (χ0v) is 12.5. The summed E-state index contributed by atoms with van der Waals surface area (Å²) in [7, 11) is -3.46. The lowest BCUT2D eigenvalue weighted by atomic mass is 10.2. The first kappa shape index (κ1) is 16.4. The molecule has 0 spiro atoms. The fourth-order valence-electron chi connectivity index (χ4n) is 1.54. The number of amides is 1. The van der Waals surface area contributed by atoms with Crippen molar-refractivity contribution in [1.29, 1.82) is 0 Å². The average molecular weight is 296 g/mol. The van der Waals surface area contributed by atoms with E-state index >= 15 is 0 Å². The summed E-state index contributed by atoms with van der Waals surface area (Å²) in [6, 6.07) is 6.46. The molecule has 1 amide bonds. The summed E-state index contributed by atoms with van der Waals surface area (Å²) in [6.45, 7) is 4.10. The average Bonchev–Trinajstić information content (AvgIpc) is 2.42. The van der Waals surface area contributed by atoms with E-state index in [1.54, 1.807) is 12.1 Å². The van der Waals surface area contributed by atoms with Gasteiger partial charge in [0.2, 0.25) is 15.9 Å². The maximum atomic E-state index is 12.0. The van der Waals surface area contributed by atoms with Crippen LogP contribution in [0.5, 0.6) is 0 Å². The molecule has 0 saturated heterocycles. The van der Waals surface area contributed by atoms with Crippen LogP contribution >= 0.6 is 0 Å². The van der Waals surface area contributed by atoms with Crippen LogP contribution in [0.25, 0.3) is 0 Å². The van der Waals surface area contributed by atoms with Crippen molar-refractivity contribution in [3.05, 3.63) is 42.0 Å². The molecule has 0 aliphatic rings. The Morgan fingerprint density at radius 2 is 1.90 bits per heavy atom. The van der Waals surface area contributed by atoms with Gasteiger partial charge in [0, 0.05) is 20.0 Å². The van der Waals surface area contributed by atoms with E-state index in [9.17, 15) is 13.2 Å². The van der Waals surface area contributed by atoms with E-state index in [4.69, 9.17) is 0 Å². The van der Waals surface area contributed by atoms with Gasteiger partial charge in [-0.25, -0.2) is 13.1 Å². The fraction of sp³-hybridized carbons (Fsp3) is 0.357. The molecule has 0 heterocycles. The second-order valence-electron chi connectivity index (χ2n) is 4.31. The van der Waals surface area contributed by atoms with Crippen LogP contribution in [0.15, 0.2) is 41.3 Å². The summed E-state index contributed by atoms with van der Waals surface area (Å²) < 4.78 is 26.5. The van der Waals surface area contributed by atoms with Gasteiger partial charge in [0.1, 0.15) is 0 Å². The van der Waals surface area contributed by atoms with Gasteiger partial charge in [-0.3, -0.25) is 4.79 Å². The van der Waals surface area contributed by atoms with E-state index in [-0.39, 0.29) is 10.8 Å². The van der Waals surface area contributed by atoms with Gasteiger partial charge in [-0.05, 0) is 31.0 Å². The summed E-state index contributed by atoms with van der Waals surface area (Å²) in [6.07, 6.45) is 4.44. The molecule has 6 heteroatoms. The van der Waals surface area contributed by atoms with E-state index in [2.05, 4.69) is 10.0 Å². The van der Waals surface area contributed by atoms with E-state index in [1.165, 1.54) is 19.1 Å². The number of rotatable bonds is 7. The maximum Gasteiger partial charge on any atom is 0.240 e. The molecule has 2 N–H and O–H groups in total. The molecule has 0 saturated carbocycles. The molecule has 0 fully saturated rings. The standard InChI is InChI=1S/C14H20N2O3S/c1-3-4-5-10-16-20(18,19)14-8-6-13(7-9-14)11-15-12(2)17/h3-4,6-9,16H,5,10-11H2,1-2H3,(H,15,17)/b4-3+. The van der Waals surface area contributed by atoms with Gasteiger partial charge in [0.15, 0.2) is 0 Å². The van der Waals surface area contributed by atoms with E-state index < -0.39 is 10.0 Å². The SMILES string of the molecule is C/C=C/CCNS(=O)(=O)c1ccc(CNC(C)=O)cc1. The van der Waals surface area contributed by atoms with Crippen LogP contribution in [0.1, 0.15) is 25.8 Å². The summed E-state index contributed by atoms with van der Waals surface area (Å²) in [4.78, 5) is 11.0. The third-order valence-corrected chi connectivity index (χ3v) is 4.09. The summed E-state index contributed by atoms with van der Waals surface area (Å²) in [5, 5.41) is 2.66. The van der Waals surface area contributed by atoms with Gasteiger partial charge in [-0.15, -0.1) is 0 Å². The molecule has 1 aromatic rings. The Balaban J connectivity index is 2.64. The highest BCUT2D eigenvalue weighted by Crippen LogP contribution is 2.10. The highest BCUT2D eigenvalue weighted by Gasteiger charge is 2.12. The van der Waals surface area contributed by atoms with Crippen LogP contribution in [0.2, 0.25) is 0 Å². The van der Waals surface area contributed by atoms with Crippen molar-refractivity contribution in [2.24, 2.45) is 0 Å². The van der Waals surface area contributed by atoms with Gasteiger partial charge in [0.25, 0.3) is 0 Å². The van der Waals surface area contributed by atoms with Crippen molar-refractivity contribution in [2.75, 3.05) is 6.54 Å². The number of benzene rings is 1. The molecular weight excluding hydrogens is 276 g/mol. The molecule has 1 aromatic carbocycles. The molecule has 0 aliphatic heterocycles. The van der Waals surface area contributed by atoms with Crippen molar-refractivity contribution in [3.8, 4) is 0 Å². The first-order valence-electron chi connectivity index (χ1n) is 6.40. The Hall–Kier alpha value is -1.66. The molecular formula is C14H20N2O3S. The second kappa shape index (κ2) is 7.81. The minimum absolute atomic E-state index is 0.118. The number of hydrogen-bond acceptors (Lipinski definition) is 3. The monoisotopic (exact) mass is 296 g/mol. The zero-order chi connectivity index (χ0) is 15.0. The number of carbonyl (C=O) groups is 1. The van der Waals surface area contributed by atoms with Gasteiger partial charge in [-0.1, -0.05) is 24.3 Å². The summed E-state index contributed by atoms with van der Waals surface area (Å²) >= 11 is 0. The first-order chi connectivity index (χ1) is 9.45. The van der Waals surface area contributed by atoms with Crippen molar-refractivity contribution < 1.29 is 13.2 Å². The number of allylic oxidation sites excluding steroid dienone is 1. The summed E-state index contributed by atoms with van der Waals surface area (Å²) in [5.41, 5.74) is 0.855. The van der Waals surface area contributed by atoms with Crippen LogP contribution in [0, 0.1) is 0 Å². The molecule has 5 nitrogen and oxygen atoms in total. The molecule has 0 aromatic heterocycles. The highest BCUT2D eigenvalue weighted by atomic mass is 32.2. The molecule has 110 valence electrons. The van der Waals surface area contributed by atoms with Gasteiger partial charge in [-0.2, -0.15) is 0 Å². The molecule has 1 rings (SSSR count). The number of nitrogens with one attached hydrogen (secondary N) is 2. The molecule has 0 aliphatic carbocycles. The smallest absolute Gasteiger partial charge is 0.240 e. The molecule has 0 atom stereocenters. The Labute approximate surface area is 120 Å². The van der Waals surface area contributed by atoms with Crippen LogP contribution in [-0.4, -0.2) is 20.9 Å². The number of hydrogen-bond donors (Lipinski definition) is 2. The minimum Gasteiger partial charge on any atom is -0.352 e. The van der Waals surface area contributed by atoms with Crippen molar-refractivity contribution in [1.82, 2.24) is 10.0 Å². The molecule has 0 unspecified atom stereocenters. The lowest BCUT2D eigenvalue weighted by Crippen LogP contribution is -2.24. The third kappa shape index (κ3) is 5.54. The quantitative estimate of drug-likeness (QED) is 0.592. The van der Waals surface area contributed by atoms with E-state index in [0.717, 1.165) is 5.56 Å². The normalized spacial score (nSPS) is 11.7. The first-order valence-corrected chi connectivity index (χ1v) is 7.88. The van der Waals surface area contributed by atoms with Crippen LogP contribution < -0.4 is 10.0 Å². The van der Waals surface area contributed by atoms with Gasteiger partial charge < -0.3 is 5.32 Å². The Kier molecular flexibility index (Phi) is 6.41. The largest absolute Gasteiger partial charge is 0.352 e. The predicted molar refractivity (Wildman–Crippen MR) is 78.6 cm³/mol. The van der Waals surface area contributed by atoms with Crippen molar-refractivity contribution in [2.45, 2.75) is 31.7 Å². The minimum atomic E-state index is -3.46. The van der Waals surface area contributed by atoms with Crippen molar-refractivity contribution in [3.63, 3.8) is 0 Å². The molecule has 0 radical (unpaired) electrons. The van der Waals surface area contributed by atoms with Crippen molar-refractivity contribution >= 4 is 15.9 Å². The zero-order valence-electron chi connectivity index (χ0n) is 11.7. The predicted octanol–water partition coefficient (Wildman–Crippen LogP) is 1.57. The van der Waals surface area contributed by atoms with Crippen LogP contribution in [0.3, 0.4) is 0 Å². The van der Waals surface area contributed by atoms with Gasteiger partial charge >= 0.3 is 0 Å². The number of sulfonamides is 1. The Morgan fingerprint density at radius 3 is 2.45 bits per heavy atom. The second-order valence-corrected chi connectivity index (χ2v) is 6.08. The Morgan fingerprint density at radius 1 is 1.25 bits per heavy atom. The summed E-state index contributed by atoms with van der Waals surface area (Å²) in [5.74, 6) is -0.118. The lowest BCUT2D eigenvalue weighted by Gasteiger charge is -2.07. The molecule has 20 heavy (non-hydrogen) atoms. The maximum absolute atomic E-state index is 12.0. The Bertz CT molecular complexity index is 563. The van der Waals surface area contributed by atoms with Crippen LogP contribution in [-0.2, 0) is 21.4 Å². The molecule has 0 bridgehead atoms. The highest BCUT2D eigenvalue weighted by molar-refractivity contribution is 7.89.